The molecule has 0 unspecified atom stereocenters. The zero-order valence-electron chi connectivity index (χ0n) is 13.8. The highest BCUT2D eigenvalue weighted by Gasteiger charge is 2.16. The first kappa shape index (κ1) is 15.4. The molecule has 0 bridgehead atoms. The van der Waals surface area contributed by atoms with Gasteiger partial charge in [0, 0.05) is 24.3 Å². The molecule has 1 saturated heterocycles. The Hall–Kier alpha value is -2.49. The van der Waals surface area contributed by atoms with Crippen molar-refractivity contribution in [2.45, 2.75) is 6.92 Å². The lowest BCUT2D eigenvalue weighted by atomic mass is 10.1. The Labute approximate surface area is 138 Å². The van der Waals surface area contributed by atoms with Crippen LogP contribution < -0.4 is 9.64 Å². The third-order valence-corrected chi connectivity index (χ3v) is 4.16. The van der Waals surface area contributed by atoms with E-state index in [0.717, 1.165) is 43.2 Å². The van der Waals surface area contributed by atoms with Crippen LogP contribution in [0.15, 0.2) is 59.7 Å². The summed E-state index contributed by atoms with van der Waals surface area (Å²) < 4.78 is 5.28. The lowest BCUT2D eigenvalue weighted by Gasteiger charge is -2.34. The van der Waals surface area contributed by atoms with Gasteiger partial charge in [-0.15, -0.1) is 0 Å². The number of benzene rings is 2. The molecule has 0 saturated carbocycles. The fraction of sp³-hybridized carbons (Fsp3) is 0.316. The average molecular weight is 309 g/mol. The van der Waals surface area contributed by atoms with Crippen LogP contribution in [0.2, 0.25) is 0 Å². The Morgan fingerprint density at radius 2 is 1.70 bits per heavy atom. The molecule has 0 aromatic heterocycles. The highest BCUT2D eigenvalue weighted by Crippen LogP contribution is 2.17. The summed E-state index contributed by atoms with van der Waals surface area (Å²) >= 11 is 0. The predicted molar refractivity (Wildman–Crippen MR) is 95.4 cm³/mol. The first-order valence-corrected chi connectivity index (χ1v) is 8.01. The van der Waals surface area contributed by atoms with E-state index < -0.39 is 0 Å². The van der Waals surface area contributed by atoms with Gasteiger partial charge in [-0.3, -0.25) is 5.01 Å². The van der Waals surface area contributed by atoms with Gasteiger partial charge in [0.2, 0.25) is 0 Å². The van der Waals surface area contributed by atoms with Gasteiger partial charge in [0.25, 0.3) is 0 Å². The van der Waals surface area contributed by atoms with Crippen LogP contribution in [-0.4, -0.2) is 44.0 Å². The summed E-state index contributed by atoms with van der Waals surface area (Å²) in [5, 5.41) is 6.94. The molecule has 1 fully saturated rings. The highest BCUT2D eigenvalue weighted by atomic mass is 16.5. The topological polar surface area (TPSA) is 28.1 Å². The van der Waals surface area contributed by atoms with E-state index in [0.29, 0.717) is 0 Å². The molecule has 2 aromatic carbocycles. The smallest absolute Gasteiger partial charge is 0.119 e. The van der Waals surface area contributed by atoms with Gasteiger partial charge >= 0.3 is 0 Å². The monoisotopic (exact) mass is 309 g/mol. The number of piperazine rings is 1. The van der Waals surface area contributed by atoms with E-state index in [2.05, 4.69) is 53.2 Å². The van der Waals surface area contributed by atoms with Crippen LogP contribution in [0.5, 0.6) is 5.75 Å². The van der Waals surface area contributed by atoms with Gasteiger partial charge in [0.05, 0.1) is 25.9 Å². The number of hydrogen-bond acceptors (Lipinski definition) is 4. The number of hydrogen-bond donors (Lipinski definition) is 0. The molecule has 1 aliphatic rings. The van der Waals surface area contributed by atoms with Crippen LogP contribution in [0.25, 0.3) is 0 Å². The van der Waals surface area contributed by atoms with Gasteiger partial charge in [-0.25, -0.2) is 0 Å². The molecule has 0 spiro atoms. The van der Waals surface area contributed by atoms with Crippen molar-refractivity contribution in [1.82, 2.24) is 5.01 Å². The second-order valence-electron chi connectivity index (χ2n) is 5.69. The Morgan fingerprint density at radius 1 is 0.957 bits per heavy atom. The maximum absolute atomic E-state index is 5.28. The maximum Gasteiger partial charge on any atom is 0.119 e. The maximum atomic E-state index is 5.28. The number of anilines is 1. The number of nitrogens with zero attached hydrogens (tertiary/aromatic N) is 3. The van der Waals surface area contributed by atoms with Gasteiger partial charge in [-0.2, -0.15) is 5.10 Å². The normalized spacial score (nSPS) is 15.7. The fourth-order valence-electron chi connectivity index (χ4n) is 2.81. The van der Waals surface area contributed by atoms with Crippen molar-refractivity contribution in [2.24, 2.45) is 5.10 Å². The molecule has 23 heavy (non-hydrogen) atoms. The molecular formula is C19H23N3O. The third kappa shape index (κ3) is 3.83. The fourth-order valence-corrected chi connectivity index (χ4v) is 2.81. The van der Waals surface area contributed by atoms with E-state index in [9.17, 15) is 0 Å². The molecule has 2 aromatic rings. The second kappa shape index (κ2) is 7.18. The molecule has 0 aliphatic carbocycles. The Bertz CT molecular complexity index is 661. The standard InChI is InChI=1S/C19H23N3O/c1-16(17-7-6-10-19(15-17)23-2)20-22-13-11-21(12-14-22)18-8-4-3-5-9-18/h3-10,15H,11-14H2,1-2H3/b20-16-. The van der Waals surface area contributed by atoms with Crippen molar-refractivity contribution in [3.8, 4) is 5.75 Å². The zero-order chi connectivity index (χ0) is 16.1. The minimum Gasteiger partial charge on any atom is -0.497 e. The molecule has 4 nitrogen and oxygen atoms in total. The van der Waals surface area contributed by atoms with Crippen LogP contribution in [0.3, 0.4) is 0 Å². The average Bonchev–Trinajstić information content (AvgIpc) is 2.63. The third-order valence-electron chi connectivity index (χ3n) is 4.16. The van der Waals surface area contributed by atoms with Crippen LogP contribution >= 0.6 is 0 Å². The van der Waals surface area contributed by atoms with Crippen molar-refractivity contribution in [1.29, 1.82) is 0 Å². The molecule has 1 aliphatic heterocycles. The first-order chi connectivity index (χ1) is 11.3. The van der Waals surface area contributed by atoms with Gasteiger partial charge < -0.3 is 9.64 Å². The summed E-state index contributed by atoms with van der Waals surface area (Å²) in [4.78, 5) is 2.41. The predicted octanol–water partition coefficient (Wildman–Crippen LogP) is 3.24. The van der Waals surface area contributed by atoms with Crippen molar-refractivity contribution < 1.29 is 4.74 Å². The molecule has 0 radical (unpaired) electrons. The van der Waals surface area contributed by atoms with E-state index in [-0.39, 0.29) is 0 Å². The van der Waals surface area contributed by atoms with E-state index in [1.165, 1.54) is 5.69 Å². The first-order valence-electron chi connectivity index (χ1n) is 8.01. The van der Waals surface area contributed by atoms with Gasteiger partial charge in [-0.1, -0.05) is 30.3 Å². The molecule has 3 rings (SSSR count). The largest absolute Gasteiger partial charge is 0.497 e. The molecule has 1 heterocycles. The number of rotatable bonds is 4. The van der Waals surface area contributed by atoms with Crippen LogP contribution in [0.4, 0.5) is 5.69 Å². The molecule has 120 valence electrons. The van der Waals surface area contributed by atoms with E-state index in [1.807, 2.05) is 18.2 Å². The van der Waals surface area contributed by atoms with E-state index in [4.69, 9.17) is 9.84 Å². The molecule has 0 atom stereocenters. The number of hydrazone groups is 1. The second-order valence-corrected chi connectivity index (χ2v) is 5.69. The molecule has 4 heteroatoms. The summed E-state index contributed by atoms with van der Waals surface area (Å²) in [6.45, 7) is 5.93. The number of para-hydroxylation sites is 1. The Kier molecular flexibility index (Phi) is 4.81. The minimum atomic E-state index is 0.867. The summed E-state index contributed by atoms with van der Waals surface area (Å²) in [6, 6.07) is 18.6. The summed E-state index contributed by atoms with van der Waals surface area (Å²) in [6.07, 6.45) is 0. The SMILES string of the molecule is COc1cccc(/C(C)=N\N2CCN(c3ccccc3)CC2)c1. The van der Waals surface area contributed by atoms with Crippen LogP contribution in [0.1, 0.15) is 12.5 Å². The summed E-state index contributed by atoms with van der Waals surface area (Å²) in [7, 11) is 1.69. The Morgan fingerprint density at radius 3 is 2.39 bits per heavy atom. The number of methoxy groups -OCH3 is 1. The van der Waals surface area contributed by atoms with Crippen LogP contribution in [0, 0.1) is 0 Å². The highest BCUT2D eigenvalue weighted by molar-refractivity contribution is 5.98. The van der Waals surface area contributed by atoms with Crippen molar-refractivity contribution >= 4 is 11.4 Å². The molecular weight excluding hydrogens is 286 g/mol. The van der Waals surface area contributed by atoms with E-state index >= 15 is 0 Å². The lowest BCUT2D eigenvalue weighted by molar-refractivity contribution is 0.270. The summed E-state index contributed by atoms with van der Waals surface area (Å²) in [5.41, 5.74) is 3.42. The lowest BCUT2D eigenvalue weighted by Crippen LogP contribution is -2.44. The number of ether oxygens (including phenoxy) is 1. The van der Waals surface area contributed by atoms with Crippen molar-refractivity contribution in [2.75, 3.05) is 38.2 Å². The molecule has 0 amide bonds. The Balaban J connectivity index is 1.63. The molecule has 0 N–H and O–H groups in total. The quantitative estimate of drug-likeness (QED) is 0.812. The van der Waals surface area contributed by atoms with Crippen molar-refractivity contribution in [3.63, 3.8) is 0 Å². The van der Waals surface area contributed by atoms with Gasteiger partial charge in [0.1, 0.15) is 5.75 Å². The van der Waals surface area contributed by atoms with Crippen LogP contribution in [-0.2, 0) is 0 Å². The van der Waals surface area contributed by atoms with Crippen molar-refractivity contribution in [3.05, 3.63) is 60.2 Å². The summed E-state index contributed by atoms with van der Waals surface area (Å²) in [5.74, 6) is 0.867. The van der Waals surface area contributed by atoms with E-state index in [1.54, 1.807) is 7.11 Å². The van der Waals surface area contributed by atoms with Gasteiger partial charge in [0.15, 0.2) is 0 Å². The van der Waals surface area contributed by atoms with Gasteiger partial charge in [-0.05, 0) is 31.2 Å². The minimum absolute atomic E-state index is 0.867. The zero-order valence-corrected chi connectivity index (χ0v) is 13.8.